The Kier molecular flexibility index (Phi) is 7.46. The predicted molar refractivity (Wildman–Crippen MR) is 77.7 cm³/mol. The van der Waals surface area contributed by atoms with Gasteiger partial charge in [0.15, 0.2) is 0 Å². The van der Waals surface area contributed by atoms with Crippen LogP contribution in [0.5, 0.6) is 5.75 Å². The molecule has 0 aliphatic carbocycles. The van der Waals surface area contributed by atoms with Gasteiger partial charge < -0.3 is 14.2 Å². The van der Waals surface area contributed by atoms with E-state index >= 15 is 0 Å². The van der Waals surface area contributed by atoms with Crippen LogP contribution in [0.1, 0.15) is 25.8 Å². The highest BCUT2D eigenvalue weighted by molar-refractivity contribution is 5.85. The summed E-state index contributed by atoms with van der Waals surface area (Å²) in [4.78, 5) is 11.1. The van der Waals surface area contributed by atoms with E-state index in [4.69, 9.17) is 9.47 Å². The largest absolute Gasteiger partial charge is 0.497 e. The third-order valence-corrected chi connectivity index (χ3v) is 2.79. The van der Waals surface area contributed by atoms with Crippen molar-refractivity contribution in [2.24, 2.45) is 0 Å². The summed E-state index contributed by atoms with van der Waals surface area (Å²) < 4.78 is 28.5. The number of rotatable bonds is 8. The van der Waals surface area contributed by atoms with Crippen molar-refractivity contribution in [2.45, 2.75) is 33.0 Å². The molecule has 0 amide bonds. The lowest BCUT2D eigenvalue weighted by Crippen LogP contribution is -2.09. The molecule has 1 atom stereocenters. The zero-order valence-electron chi connectivity index (χ0n) is 12.6. The van der Waals surface area contributed by atoms with Gasteiger partial charge in [-0.25, -0.2) is 4.79 Å². The summed E-state index contributed by atoms with van der Waals surface area (Å²) >= 11 is 0. The predicted octanol–water partition coefficient (Wildman–Crippen LogP) is 3.41. The first kappa shape index (κ1) is 17.2. The molecule has 21 heavy (non-hydrogen) atoms. The normalized spacial score (nSPS) is 12.9. The summed E-state index contributed by atoms with van der Waals surface area (Å²) in [6.07, 6.45) is 1.30. The monoisotopic (exact) mass is 296 g/mol. The van der Waals surface area contributed by atoms with Crippen LogP contribution in [0.4, 0.5) is 4.39 Å². The van der Waals surface area contributed by atoms with Gasteiger partial charge in [-0.2, -0.15) is 4.39 Å². The Bertz CT molecular complexity index is 468. The highest BCUT2D eigenvalue weighted by Gasteiger charge is 2.10. The van der Waals surface area contributed by atoms with Crippen molar-refractivity contribution in [2.75, 3.05) is 13.7 Å². The number of hydrogen-bond acceptors (Lipinski definition) is 4. The minimum absolute atomic E-state index is 0.156. The van der Waals surface area contributed by atoms with Gasteiger partial charge in [0, 0.05) is 0 Å². The van der Waals surface area contributed by atoms with Crippen molar-refractivity contribution >= 4 is 5.97 Å². The summed E-state index contributed by atoms with van der Waals surface area (Å²) in [5.74, 6) is -1.03. The Morgan fingerprint density at radius 1 is 1.33 bits per heavy atom. The van der Waals surface area contributed by atoms with E-state index in [-0.39, 0.29) is 12.7 Å². The van der Waals surface area contributed by atoms with E-state index in [1.54, 1.807) is 14.0 Å². The first-order chi connectivity index (χ1) is 10.1. The molecule has 0 aliphatic heterocycles. The standard InChI is InChI=1S/C16H21FO4/c1-4-20-16(18)15(17)10-5-12(2)21-11-13-6-8-14(19-3)9-7-13/h6-10,12H,4-5,11H2,1-3H3/b15-10+/t12-/m1/s1. The number of ether oxygens (including phenoxy) is 3. The fraction of sp³-hybridized carbons (Fsp3) is 0.438. The quantitative estimate of drug-likeness (QED) is 0.545. The Labute approximate surface area is 124 Å². The van der Waals surface area contributed by atoms with Crippen LogP contribution in [-0.4, -0.2) is 25.8 Å². The van der Waals surface area contributed by atoms with Gasteiger partial charge in [-0.1, -0.05) is 12.1 Å². The van der Waals surface area contributed by atoms with Gasteiger partial charge in [-0.15, -0.1) is 0 Å². The lowest BCUT2D eigenvalue weighted by molar-refractivity contribution is -0.140. The van der Waals surface area contributed by atoms with Crippen molar-refractivity contribution in [3.05, 3.63) is 41.7 Å². The Balaban J connectivity index is 2.37. The molecule has 116 valence electrons. The maximum Gasteiger partial charge on any atom is 0.366 e. The first-order valence-electron chi connectivity index (χ1n) is 6.84. The van der Waals surface area contributed by atoms with E-state index in [9.17, 15) is 9.18 Å². The summed E-state index contributed by atoms with van der Waals surface area (Å²) in [6, 6.07) is 7.51. The van der Waals surface area contributed by atoms with Crippen molar-refractivity contribution in [3.8, 4) is 5.75 Å². The second-order valence-electron chi connectivity index (χ2n) is 4.48. The van der Waals surface area contributed by atoms with Crippen LogP contribution in [0, 0.1) is 0 Å². The van der Waals surface area contributed by atoms with Gasteiger partial charge in [0.05, 0.1) is 26.4 Å². The van der Waals surface area contributed by atoms with Crippen LogP contribution in [0.25, 0.3) is 0 Å². The lowest BCUT2D eigenvalue weighted by atomic mass is 10.2. The summed E-state index contributed by atoms with van der Waals surface area (Å²) in [5, 5.41) is 0. The number of esters is 1. The van der Waals surface area contributed by atoms with E-state index in [1.165, 1.54) is 6.08 Å². The first-order valence-corrected chi connectivity index (χ1v) is 6.84. The van der Waals surface area contributed by atoms with Gasteiger partial charge in [-0.05, 0) is 44.0 Å². The molecular formula is C16H21FO4. The van der Waals surface area contributed by atoms with Gasteiger partial charge >= 0.3 is 5.97 Å². The summed E-state index contributed by atoms with van der Waals surface area (Å²) in [5.41, 5.74) is 0.998. The van der Waals surface area contributed by atoms with Gasteiger partial charge in [0.25, 0.3) is 0 Å². The van der Waals surface area contributed by atoms with E-state index in [1.807, 2.05) is 31.2 Å². The minimum Gasteiger partial charge on any atom is -0.497 e. The smallest absolute Gasteiger partial charge is 0.366 e. The van der Waals surface area contributed by atoms with E-state index in [2.05, 4.69) is 4.74 Å². The van der Waals surface area contributed by atoms with Crippen LogP contribution in [0.2, 0.25) is 0 Å². The molecule has 5 heteroatoms. The molecule has 1 aromatic carbocycles. The molecule has 1 aromatic rings. The van der Waals surface area contributed by atoms with Crippen molar-refractivity contribution < 1.29 is 23.4 Å². The fourth-order valence-corrected chi connectivity index (χ4v) is 1.58. The SMILES string of the molecule is CCOC(=O)/C(F)=C\C[C@@H](C)OCc1ccc(OC)cc1. The molecule has 0 saturated carbocycles. The van der Waals surface area contributed by atoms with E-state index in [0.29, 0.717) is 13.0 Å². The molecule has 0 spiro atoms. The molecule has 0 N–H and O–H groups in total. The highest BCUT2D eigenvalue weighted by atomic mass is 19.1. The molecule has 0 aromatic heterocycles. The average molecular weight is 296 g/mol. The summed E-state index contributed by atoms with van der Waals surface area (Å²) in [6.45, 7) is 4.02. The van der Waals surface area contributed by atoms with Gasteiger partial charge in [0.2, 0.25) is 5.83 Å². The number of carbonyl (C=O) groups is 1. The third kappa shape index (κ3) is 6.40. The number of halogens is 1. The van der Waals surface area contributed by atoms with E-state index < -0.39 is 11.8 Å². The van der Waals surface area contributed by atoms with Crippen molar-refractivity contribution in [1.82, 2.24) is 0 Å². The molecule has 0 heterocycles. The fourth-order valence-electron chi connectivity index (χ4n) is 1.58. The van der Waals surface area contributed by atoms with Crippen molar-refractivity contribution in [3.63, 3.8) is 0 Å². The molecule has 4 nitrogen and oxygen atoms in total. The molecule has 0 bridgehead atoms. The molecule has 0 unspecified atom stereocenters. The maximum atomic E-state index is 13.3. The van der Waals surface area contributed by atoms with Crippen LogP contribution in [0.15, 0.2) is 36.2 Å². The molecule has 0 saturated heterocycles. The number of methoxy groups -OCH3 is 1. The van der Waals surface area contributed by atoms with Crippen LogP contribution in [-0.2, 0) is 20.9 Å². The van der Waals surface area contributed by atoms with Crippen molar-refractivity contribution in [1.29, 1.82) is 0 Å². The second kappa shape index (κ2) is 9.13. The molecule has 0 fully saturated rings. The second-order valence-corrected chi connectivity index (χ2v) is 4.48. The zero-order chi connectivity index (χ0) is 15.7. The zero-order valence-corrected chi connectivity index (χ0v) is 12.6. The molecule has 0 radical (unpaired) electrons. The topological polar surface area (TPSA) is 44.8 Å². The van der Waals surface area contributed by atoms with Crippen LogP contribution in [0.3, 0.4) is 0 Å². The average Bonchev–Trinajstić information content (AvgIpc) is 2.51. The number of carbonyl (C=O) groups excluding carboxylic acids is 1. The Morgan fingerprint density at radius 2 is 2.00 bits per heavy atom. The minimum atomic E-state index is -0.931. The number of benzene rings is 1. The summed E-state index contributed by atoms with van der Waals surface area (Å²) in [7, 11) is 1.61. The number of hydrogen-bond donors (Lipinski definition) is 0. The van der Waals surface area contributed by atoms with Crippen LogP contribution >= 0.6 is 0 Å². The maximum absolute atomic E-state index is 13.3. The molecule has 0 aliphatic rings. The third-order valence-electron chi connectivity index (χ3n) is 2.79. The molecular weight excluding hydrogens is 275 g/mol. The lowest BCUT2D eigenvalue weighted by Gasteiger charge is -2.11. The van der Waals surface area contributed by atoms with Gasteiger partial charge in [0.1, 0.15) is 5.75 Å². The highest BCUT2D eigenvalue weighted by Crippen LogP contribution is 2.13. The van der Waals surface area contributed by atoms with E-state index in [0.717, 1.165) is 11.3 Å². The van der Waals surface area contributed by atoms with Crippen LogP contribution < -0.4 is 4.74 Å². The molecule has 1 rings (SSSR count). The van der Waals surface area contributed by atoms with Gasteiger partial charge in [-0.3, -0.25) is 0 Å². The Morgan fingerprint density at radius 3 is 2.57 bits per heavy atom. The Hall–Kier alpha value is -1.88.